The number of para-hydroxylation sites is 1. The Morgan fingerprint density at radius 3 is 2.59 bits per heavy atom. The zero-order chi connectivity index (χ0) is 12.5. The van der Waals surface area contributed by atoms with E-state index in [4.69, 9.17) is 5.11 Å². The molecule has 0 aliphatic rings. The van der Waals surface area contributed by atoms with E-state index in [0.29, 0.717) is 0 Å². The molecule has 1 amide bonds. The van der Waals surface area contributed by atoms with Crippen molar-refractivity contribution in [3.63, 3.8) is 0 Å². The third-order valence-electron chi connectivity index (χ3n) is 2.35. The summed E-state index contributed by atoms with van der Waals surface area (Å²) < 4.78 is 0. The van der Waals surface area contributed by atoms with Crippen LogP contribution >= 0.6 is 11.8 Å². The quantitative estimate of drug-likeness (QED) is 0.757. The fourth-order valence-corrected chi connectivity index (χ4v) is 2.23. The Kier molecular flexibility index (Phi) is 6.74. The molecule has 0 unspecified atom stereocenters. The predicted molar refractivity (Wildman–Crippen MR) is 73.5 cm³/mol. The summed E-state index contributed by atoms with van der Waals surface area (Å²) in [5.41, 5.74) is 0.951. The number of rotatable bonds is 7. The van der Waals surface area contributed by atoms with Gasteiger partial charge in [0, 0.05) is 24.9 Å². The first-order chi connectivity index (χ1) is 8.25. The topological polar surface area (TPSA) is 40.5 Å². The molecule has 0 heterocycles. The minimum atomic E-state index is 0.0726. The molecule has 94 valence electrons. The van der Waals surface area contributed by atoms with Crippen LogP contribution in [0.3, 0.4) is 0 Å². The lowest BCUT2D eigenvalue weighted by atomic mass is 10.2. The highest BCUT2D eigenvalue weighted by Crippen LogP contribution is 2.14. The lowest BCUT2D eigenvalue weighted by Gasteiger charge is -2.20. The second-order valence-electron chi connectivity index (χ2n) is 3.70. The first kappa shape index (κ1) is 14.1. The van der Waals surface area contributed by atoms with Crippen molar-refractivity contribution in [3.05, 3.63) is 30.3 Å². The van der Waals surface area contributed by atoms with Crippen molar-refractivity contribution in [1.82, 2.24) is 0 Å². The number of amides is 1. The van der Waals surface area contributed by atoms with Crippen LogP contribution in [0.5, 0.6) is 0 Å². The molecule has 0 aliphatic heterocycles. The monoisotopic (exact) mass is 253 g/mol. The van der Waals surface area contributed by atoms with E-state index in [1.54, 1.807) is 23.6 Å². The fourth-order valence-electron chi connectivity index (χ4n) is 1.57. The molecule has 1 aromatic carbocycles. The smallest absolute Gasteiger partial charge is 0.223 e. The first-order valence-electron chi connectivity index (χ1n) is 5.77. The summed E-state index contributed by atoms with van der Waals surface area (Å²) in [6.45, 7) is 2.55. The van der Waals surface area contributed by atoms with Crippen LogP contribution in [-0.4, -0.2) is 35.7 Å². The van der Waals surface area contributed by atoms with Crippen molar-refractivity contribution < 1.29 is 9.90 Å². The molecule has 4 heteroatoms. The van der Waals surface area contributed by atoms with Crippen LogP contribution in [0.15, 0.2) is 30.3 Å². The molecule has 0 aromatic heterocycles. The van der Waals surface area contributed by atoms with Crippen LogP contribution < -0.4 is 4.90 Å². The summed E-state index contributed by atoms with van der Waals surface area (Å²) >= 11 is 1.71. The van der Waals surface area contributed by atoms with Crippen molar-refractivity contribution in [3.8, 4) is 0 Å². The van der Waals surface area contributed by atoms with Gasteiger partial charge in [-0.05, 0) is 24.3 Å². The van der Waals surface area contributed by atoms with Crippen molar-refractivity contribution >= 4 is 23.4 Å². The standard InChI is InChI=1S/C13H19NO2S/c1-12(16)14(8-5-10-17-11-9-15)13-6-3-2-4-7-13/h2-4,6-7,15H,5,8-11H2,1H3. The van der Waals surface area contributed by atoms with E-state index >= 15 is 0 Å². The number of hydrogen-bond acceptors (Lipinski definition) is 3. The van der Waals surface area contributed by atoms with Gasteiger partial charge >= 0.3 is 0 Å². The van der Waals surface area contributed by atoms with E-state index in [2.05, 4.69) is 0 Å². The number of carbonyl (C=O) groups excluding carboxylic acids is 1. The Labute approximate surface area is 107 Å². The normalized spacial score (nSPS) is 10.2. The molecule has 0 bridgehead atoms. The number of hydrogen-bond donors (Lipinski definition) is 1. The van der Waals surface area contributed by atoms with Gasteiger partial charge in [-0.15, -0.1) is 0 Å². The minimum absolute atomic E-state index is 0.0726. The molecule has 0 fully saturated rings. The largest absolute Gasteiger partial charge is 0.396 e. The number of carbonyl (C=O) groups is 1. The molecule has 0 saturated carbocycles. The number of thioether (sulfide) groups is 1. The third-order valence-corrected chi connectivity index (χ3v) is 3.40. The molecule has 0 radical (unpaired) electrons. The van der Waals surface area contributed by atoms with E-state index in [9.17, 15) is 4.79 Å². The molecule has 0 spiro atoms. The summed E-state index contributed by atoms with van der Waals surface area (Å²) in [5, 5.41) is 8.66. The highest BCUT2D eigenvalue weighted by atomic mass is 32.2. The zero-order valence-corrected chi connectivity index (χ0v) is 10.9. The molecule has 1 aromatic rings. The van der Waals surface area contributed by atoms with Crippen LogP contribution in [0, 0.1) is 0 Å². The van der Waals surface area contributed by atoms with E-state index < -0.39 is 0 Å². The zero-order valence-electron chi connectivity index (χ0n) is 10.1. The highest BCUT2D eigenvalue weighted by molar-refractivity contribution is 7.99. The molecule has 17 heavy (non-hydrogen) atoms. The highest BCUT2D eigenvalue weighted by Gasteiger charge is 2.09. The molecule has 1 N–H and O–H groups in total. The Morgan fingerprint density at radius 1 is 1.29 bits per heavy atom. The Morgan fingerprint density at radius 2 is 2.00 bits per heavy atom. The second kappa shape index (κ2) is 8.14. The van der Waals surface area contributed by atoms with Crippen LogP contribution in [-0.2, 0) is 4.79 Å². The van der Waals surface area contributed by atoms with Gasteiger partial charge < -0.3 is 10.0 Å². The molecular formula is C13H19NO2S. The van der Waals surface area contributed by atoms with Crippen molar-refractivity contribution in [2.45, 2.75) is 13.3 Å². The van der Waals surface area contributed by atoms with Gasteiger partial charge in [-0.2, -0.15) is 11.8 Å². The molecule has 0 aliphatic carbocycles. The number of anilines is 1. The van der Waals surface area contributed by atoms with Gasteiger partial charge in [-0.1, -0.05) is 18.2 Å². The average Bonchev–Trinajstić information content (AvgIpc) is 2.34. The number of aliphatic hydroxyl groups excluding tert-OH is 1. The second-order valence-corrected chi connectivity index (χ2v) is 4.92. The van der Waals surface area contributed by atoms with Gasteiger partial charge in [0.2, 0.25) is 5.91 Å². The summed E-state index contributed by atoms with van der Waals surface area (Å²) in [6, 6.07) is 9.71. The number of benzene rings is 1. The van der Waals surface area contributed by atoms with Crippen molar-refractivity contribution in [2.75, 3.05) is 29.6 Å². The van der Waals surface area contributed by atoms with E-state index in [-0.39, 0.29) is 12.5 Å². The lowest BCUT2D eigenvalue weighted by molar-refractivity contribution is -0.116. The van der Waals surface area contributed by atoms with Gasteiger partial charge in [0.1, 0.15) is 0 Å². The van der Waals surface area contributed by atoms with Crippen molar-refractivity contribution in [1.29, 1.82) is 0 Å². The lowest BCUT2D eigenvalue weighted by Crippen LogP contribution is -2.29. The number of nitrogens with zero attached hydrogens (tertiary/aromatic N) is 1. The maximum atomic E-state index is 11.5. The van der Waals surface area contributed by atoms with Gasteiger partial charge in [0.25, 0.3) is 0 Å². The van der Waals surface area contributed by atoms with Crippen LogP contribution in [0.2, 0.25) is 0 Å². The van der Waals surface area contributed by atoms with Gasteiger partial charge in [0.15, 0.2) is 0 Å². The van der Waals surface area contributed by atoms with Gasteiger partial charge in [-0.3, -0.25) is 4.79 Å². The molecule has 0 atom stereocenters. The van der Waals surface area contributed by atoms with Crippen molar-refractivity contribution in [2.24, 2.45) is 0 Å². The maximum Gasteiger partial charge on any atom is 0.223 e. The molecule has 3 nitrogen and oxygen atoms in total. The SMILES string of the molecule is CC(=O)N(CCCSCCO)c1ccccc1. The molecule has 1 rings (SSSR count). The summed E-state index contributed by atoms with van der Waals surface area (Å²) in [7, 11) is 0. The van der Waals surface area contributed by atoms with Crippen LogP contribution in [0.25, 0.3) is 0 Å². The number of aliphatic hydroxyl groups is 1. The van der Waals surface area contributed by atoms with Crippen LogP contribution in [0.4, 0.5) is 5.69 Å². The van der Waals surface area contributed by atoms with E-state index in [1.165, 1.54) is 0 Å². The maximum absolute atomic E-state index is 11.5. The Bertz CT molecular complexity index is 329. The molecular weight excluding hydrogens is 234 g/mol. The third kappa shape index (κ3) is 5.24. The first-order valence-corrected chi connectivity index (χ1v) is 6.93. The minimum Gasteiger partial charge on any atom is -0.396 e. The van der Waals surface area contributed by atoms with E-state index in [0.717, 1.165) is 30.2 Å². The van der Waals surface area contributed by atoms with Gasteiger partial charge in [0.05, 0.1) is 6.61 Å². The fraction of sp³-hybridized carbons (Fsp3) is 0.462. The molecule has 0 saturated heterocycles. The van der Waals surface area contributed by atoms with Gasteiger partial charge in [-0.25, -0.2) is 0 Å². The van der Waals surface area contributed by atoms with Crippen LogP contribution in [0.1, 0.15) is 13.3 Å². The Balaban J connectivity index is 2.42. The Hall–Kier alpha value is -1.00. The van der Waals surface area contributed by atoms with E-state index in [1.807, 2.05) is 30.3 Å². The summed E-state index contributed by atoms with van der Waals surface area (Å²) in [4.78, 5) is 13.3. The predicted octanol–water partition coefficient (Wildman–Crippen LogP) is 2.16. The average molecular weight is 253 g/mol. The summed E-state index contributed by atoms with van der Waals surface area (Å²) in [6.07, 6.45) is 0.944. The summed E-state index contributed by atoms with van der Waals surface area (Å²) in [5.74, 6) is 1.81.